The van der Waals surface area contributed by atoms with E-state index in [-0.39, 0.29) is 24.1 Å². The highest BCUT2D eigenvalue weighted by Crippen LogP contribution is 2.37. The Labute approximate surface area is 173 Å². The minimum absolute atomic E-state index is 0.0493. The molecule has 0 radical (unpaired) electrons. The average Bonchev–Trinajstić information content (AvgIpc) is 3.30. The van der Waals surface area contributed by atoms with Crippen LogP contribution in [0.3, 0.4) is 0 Å². The molecule has 28 heavy (non-hydrogen) atoms. The van der Waals surface area contributed by atoms with E-state index in [1.165, 1.54) is 33.5 Å². The number of aromatic nitrogens is 2. The van der Waals surface area contributed by atoms with Crippen molar-refractivity contribution in [2.24, 2.45) is 5.92 Å². The third kappa shape index (κ3) is 5.35. The van der Waals surface area contributed by atoms with Gasteiger partial charge >= 0.3 is 0 Å². The van der Waals surface area contributed by atoms with Crippen LogP contribution in [-0.2, 0) is 22.4 Å². The standard InChI is InChI=1S/C19H26N4O3S2/c1-4-7-20-16(24)10-23(3)17(25)11-27-19-22-21-18(26-19)15-9-13-8-12(2)5-6-14(13)28-15/h9,12H,4-8,10-11H2,1-3H3,(H,20,24)/t12-/m0/s1. The number of carbonyl (C=O) groups excluding carboxylic acids is 2. The summed E-state index contributed by atoms with van der Waals surface area (Å²) in [6, 6.07) is 2.16. The minimum Gasteiger partial charge on any atom is -0.410 e. The van der Waals surface area contributed by atoms with Gasteiger partial charge in [-0.2, -0.15) is 0 Å². The van der Waals surface area contributed by atoms with E-state index in [4.69, 9.17) is 4.42 Å². The highest BCUT2D eigenvalue weighted by molar-refractivity contribution is 7.99. The van der Waals surface area contributed by atoms with Crippen LogP contribution in [0.25, 0.3) is 10.8 Å². The maximum Gasteiger partial charge on any atom is 0.277 e. The fraction of sp³-hybridized carbons (Fsp3) is 0.579. The summed E-state index contributed by atoms with van der Waals surface area (Å²) < 4.78 is 5.74. The summed E-state index contributed by atoms with van der Waals surface area (Å²) in [6.45, 7) is 4.93. The summed E-state index contributed by atoms with van der Waals surface area (Å²) in [5.41, 5.74) is 1.39. The molecule has 1 N–H and O–H groups in total. The normalized spacial score (nSPS) is 15.9. The second kappa shape index (κ2) is 9.56. The van der Waals surface area contributed by atoms with E-state index < -0.39 is 0 Å². The molecular weight excluding hydrogens is 396 g/mol. The van der Waals surface area contributed by atoms with E-state index in [0.29, 0.717) is 17.7 Å². The molecule has 152 valence electrons. The van der Waals surface area contributed by atoms with Crippen LogP contribution in [0, 0.1) is 5.92 Å². The van der Waals surface area contributed by atoms with Crippen LogP contribution in [0.5, 0.6) is 0 Å². The zero-order valence-electron chi connectivity index (χ0n) is 16.5. The Morgan fingerprint density at radius 3 is 3.04 bits per heavy atom. The molecule has 1 aliphatic rings. The molecule has 1 atom stereocenters. The molecule has 2 aromatic heterocycles. The molecule has 0 saturated carbocycles. The first-order chi connectivity index (χ1) is 13.5. The van der Waals surface area contributed by atoms with Crippen molar-refractivity contribution in [3.05, 3.63) is 16.5 Å². The second-order valence-electron chi connectivity index (χ2n) is 7.17. The maximum atomic E-state index is 12.2. The summed E-state index contributed by atoms with van der Waals surface area (Å²) in [7, 11) is 1.62. The molecule has 2 aromatic rings. The van der Waals surface area contributed by atoms with Gasteiger partial charge in [0.1, 0.15) is 0 Å². The Bertz CT molecular complexity index is 833. The number of fused-ring (bicyclic) bond motifs is 1. The van der Waals surface area contributed by atoms with Crippen LogP contribution in [-0.4, -0.2) is 52.8 Å². The minimum atomic E-state index is -0.156. The fourth-order valence-corrected chi connectivity index (χ4v) is 4.87. The van der Waals surface area contributed by atoms with E-state index in [2.05, 4.69) is 28.5 Å². The molecule has 7 nitrogen and oxygen atoms in total. The zero-order valence-corrected chi connectivity index (χ0v) is 18.1. The smallest absolute Gasteiger partial charge is 0.277 e. The number of amides is 2. The quantitative estimate of drug-likeness (QED) is 0.658. The van der Waals surface area contributed by atoms with E-state index in [0.717, 1.165) is 30.1 Å². The molecule has 0 spiro atoms. The molecule has 0 aliphatic heterocycles. The highest BCUT2D eigenvalue weighted by atomic mass is 32.2. The first-order valence-corrected chi connectivity index (χ1v) is 11.3. The van der Waals surface area contributed by atoms with Crippen LogP contribution >= 0.6 is 23.1 Å². The van der Waals surface area contributed by atoms with Crippen molar-refractivity contribution in [2.75, 3.05) is 25.9 Å². The van der Waals surface area contributed by atoms with Crippen molar-refractivity contribution in [1.29, 1.82) is 0 Å². The number of likely N-dealkylation sites (N-methyl/N-ethyl adjacent to an activating group) is 1. The lowest BCUT2D eigenvalue weighted by atomic mass is 9.90. The Balaban J connectivity index is 1.52. The zero-order chi connectivity index (χ0) is 20.1. The van der Waals surface area contributed by atoms with Crippen molar-refractivity contribution >= 4 is 34.9 Å². The number of hydrogen-bond acceptors (Lipinski definition) is 7. The summed E-state index contributed by atoms with van der Waals surface area (Å²) in [5, 5.41) is 11.3. The van der Waals surface area contributed by atoms with Gasteiger partial charge in [0.2, 0.25) is 11.8 Å². The van der Waals surface area contributed by atoms with Gasteiger partial charge in [-0.3, -0.25) is 9.59 Å². The number of rotatable bonds is 8. The number of aryl methyl sites for hydroxylation is 1. The lowest BCUT2D eigenvalue weighted by Gasteiger charge is -2.16. The van der Waals surface area contributed by atoms with Gasteiger partial charge < -0.3 is 14.6 Å². The number of nitrogens with one attached hydrogen (secondary N) is 1. The Hall–Kier alpha value is -1.87. The highest BCUT2D eigenvalue weighted by Gasteiger charge is 2.21. The number of nitrogens with zero attached hydrogens (tertiary/aromatic N) is 3. The van der Waals surface area contributed by atoms with Gasteiger partial charge in [0.25, 0.3) is 11.1 Å². The van der Waals surface area contributed by atoms with Crippen molar-refractivity contribution in [2.45, 2.75) is 44.8 Å². The fourth-order valence-electron chi connectivity index (χ4n) is 3.04. The molecule has 0 bridgehead atoms. The molecular formula is C19H26N4O3S2. The van der Waals surface area contributed by atoms with Gasteiger partial charge in [-0.25, -0.2) is 0 Å². The Kier molecular flexibility index (Phi) is 7.12. The van der Waals surface area contributed by atoms with Gasteiger partial charge in [-0.1, -0.05) is 25.6 Å². The number of thiophene rings is 1. The third-order valence-electron chi connectivity index (χ3n) is 4.64. The molecule has 9 heteroatoms. The lowest BCUT2D eigenvalue weighted by molar-refractivity contribution is -0.132. The van der Waals surface area contributed by atoms with E-state index in [9.17, 15) is 9.59 Å². The number of hydrogen-bond donors (Lipinski definition) is 1. The topological polar surface area (TPSA) is 88.3 Å². The summed E-state index contributed by atoms with van der Waals surface area (Å²) in [4.78, 5) is 27.7. The second-order valence-corrected chi connectivity index (χ2v) is 9.23. The predicted octanol–water partition coefficient (Wildman–Crippen LogP) is 3.00. The van der Waals surface area contributed by atoms with E-state index >= 15 is 0 Å². The molecule has 3 rings (SSSR count). The summed E-state index contributed by atoms with van der Waals surface area (Å²) >= 11 is 2.92. The van der Waals surface area contributed by atoms with Gasteiger partial charge in [-0.15, -0.1) is 21.5 Å². The van der Waals surface area contributed by atoms with E-state index in [1.807, 2.05) is 6.92 Å². The molecule has 0 fully saturated rings. The van der Waals surface area contributed by atoms with Gasteiger partial charge in [0.15, 0.2) is 0 Å². The average molecular weight is 423 g/mol. The Morgan fingerprint density at radius 1 is 1.43 bits per heavy atom. The van der Waals surface area contributed by atoms with Crippen molar-refractivity contribution in [3.63, 3.8) is 0 Å². The summed E-state index contributed by atoms with van der Waals surface area (Å²) in [5.74, 6) is 1.07. The molecule has 2 heterocycles. The monoisotopic (exact) mass is 422 g/mol. The van der Waals surface area contributed by atoms with Gasteiger partial charge in [0.05, 0.1) is 17.2 Å². The number of thioether (sulfide) groups is 1. The predicted molar refractivity (Wildman–Crippen MR) is 110 cm³/mol. The summed E-state index contributed by atoms with van der Waals surface area (Å²) in [6.07, 6.45) is 4.31. The SMILES string of the molecule is CCCNC(=O)CN(C)C(=O)CSc1nnc(-c2cc3c(s2)CC[C@H](C)C3)o1. The molecule has 0 saturated heterocycles. The molecule has 1 aliphatic carbocycles. The lowest BCUT2D eigenvalue weighted by Crippen LogP contribution is -2.39. The largest absolute Gasteiger partial charge is 0.410 e. The maximum absolute atomic E-state index is 12.2. The van der Waals surface area contributed by atoms with Crippen molar-refractivity contribution in [1.82, 2.24) is 20.4 Å². The van der Waals surface area contributed by atoms with Crippen LogP contribution < -0.4 is 5.32 Å². The van der Waals surface area contributed by atoms with Crippen molar-refractivity contribution < 1.29 is 14.0 Å². The molecule has 0 aromatic carbocycles. The third-order valence-corrected chi connectivity index (χ3v) is 6.67. The van der Waals surface area contributed by atoms with Crippen molar-refractivity contribution in [3.8, 4) is 10.8 Å². The molecule has 0 unspecified atom stereocenters. The van der Waals surface area contributed by atoms with Crippen LogP contribution in [0.2, 0.25) is 0 Å². The Morgan fingerprint density at radius 2 is 2.25 bits per heavy atom. The van der Waals surface area contributed by atoms with Gasteiger partial charge in [0, 0.05) is 18.5 Å². The van der Waals surface area contributed by atoms with Crippen LogP contribution in [0.4, 0.5) is 0 Å². The molecule has 2 amide bonds. The van der Waals surface area contributed by atoms with Gasteiger partial charge in [-0.05, 0) is 43.2 Å². The van der Waals surface area contributed by atoms with E-state index in [1.54, 1.807) is 18.4 Å². The number of carbonyl (C=O) groups is 2. The first kappa shape index (κ1) is 20.9. The van der Waals surface area contributed by atoms with Crippen LogP contribution in [0.15, 0.2) is 15.7 Å². The van der Waals surface area contributed by atoms with Crippen LogP contribution in [0.1, 0.15) is 37.1 Å². The first-order valence-electron chi connectivity index (χ1n) is 9.55.